The molecule has 4 heteroatoms. The minimum absolute atomic E-state index is 0.116. The second-order valence-electron chi connectivity index (χ2n) is 4.34. The Morgan fingerprint density at radius 1 is 1.54 bits per heavy atom. The van der Waals surface area contributed by atoms with Gasteiger partial charge in [0.2, 0.25) is 0 Å². The van der Waals surface area contributed by atoms with Gasteiger partial charge in [0, 0.05) is 12.1 Å². The highest BCUT2D eigenvalue weighted by Gasteiger charge is 2.35. The van der Waals surface area contributed by atoms with Crippen LogP contribution in [0.25, 0.3) is 0 Å². The Morgan fingerprint density at radius 3 is 2.92 bits per heavy atom. The van der Waals surface area contributed by atoms with Gasteiger partial charge in [-0.05, 0) is 19.9 Å². The van der Waals surface area contributed by atoms with Gasteiger partial charge in [0.1, 0.15) is 0 Å². The SMILES string of the molecule is CC1(NC2COCC2O)CCNC1. The predicted molar refractivity (Wildman–Crippen MR) is 49.6 cm³/mol. The van der Waals surface area contributed by atoms with Crippen molar-refractivity contribution in [3.05, 3.63) is 0 Å². The Bertz CT molecular complexity index is 180. The van der Waals surface area contributed by atoms with E-state index in [2.05, 4.69) is 17.6 Å². The number of rotatable bonds is 2. The fraction of sp³-hybridized carbons (Fsp3) is 1.00. The van der Waals surface area contributed by atoms with Crippen LogP contribution in [0.2, 0.25) is 0 Å². The first-order chi connectivity index (χ1) is 6.20. The normalized spacial score (nSPS) is 45.7. The molecule has 0 saturated carbocycles. The third kappa shape index (κ3) is 2.02. The van der Waals surface area contributed by atoms with E-state index in [-0.39, 0.29) is 17.7 Å². The zero-order valence-electron chi connectivity index (χ0n) is 8.05. The van der Waals surface area contributed by atoms with Crippen LogP contribution in [0, 0.1) is 0 Å². The molecular formula is C9H18N2O2. The van der Waals surface area contributed by atoms with Crippen molar-refractivity contribution >= 4 is 0 Å². The van der Waals surface area contributed by atoms with Gasteiger partial charge in [0.15, 0.2) is 0 Å². The molecule has 0 spiro atoms. The molecule has 2 aliphatic heterocycles. The average molecular weight is 186 g/mol. The van der Waals surface area contributed by atoms with Crippen LogP contribution >= 0.6 is 0 Å². The van der Waals surface area contributed by atoms with Crippen LogP contribution in [0.3, 0.4) is 0 Å². The summed E-state index contributed by atoms with van der Waals surface area (Å²) in [6.45, 7) is 5.35. The van der Waals surface area contributed by atoms with Crippen molar-refractivity contribution in [1.82, 2.24) is 10.6 Å². The van der Waals surface area contributed by atoms with Crippen LogP contribution in [0.15, 0.2) is 0 Å². The van der Waals surface area contributed by atoms with E-state index in [4.69, 9.17) is 4.74 Å². The summed E-state index contributed by atoms with van der Waals surface area (Å²) in [6.07, 6.45) is 0.786. The molecule has 3 N–H and O–H groups in total. The molecule has 0 aromatic rings. The molecule has 0 aliphatic carbocycles. The Labute approximate surface area is 78.7 Å². The Hall–Kier alpha value is -0.160. The van der Waals surface area contributed by atoms with Gasteiger partial charge in [-0.3, -0.25) is 0 Å². The number of aliphatic hydroxyl groups excluding tert-OH is 1. The van der Waals surface area contributed by atoms with E-state index in [0.29, 0.717) is 13.2 Å². The van der Waals surface area contributed by atoms with Crippen molar-refractivity contribution < 1.29 is 9.84 Å². The summed E-state index contributed by atoms with van der Waals surface area (Å²) in [5.74, 6) is 0. The standard InChI is InChI=1S/C9H18N2O2/c1-9(2-3-10-6-9)11-7-4-13-5-8(7)12/h7-8,10-12H,2-6H2,1H3. The number of hydrogen-bond acceptors (Lipinski definition) is 4. The Balaban J connectivity index is 1.88. The molecule has 0 aromatic heterocycles. The van der Waals surface area contributed by atoms with Gasteiger partial charge < -0.3 is 20.5 Å². The lowest BCUT2D eigenvalue weighted by Crippen LogP contribution is -2.53. The van der Waals surface area contributed by atoms with E-state index in [9.17, 15) is 5.11 Å². The van der Waals surface area contributed by atoms with Crippen molar-refractivity contribution in [3.8, 4) is 0 Å². The number of aliphatic hydroxyl groups is 1. The summed E-state index contributed by atoms with van der Waals surface area (Å²) in [5, 5.41) is 16.3. The van der Waals surface area contributed by atoms with E-state index in [1.165, 1.54) is 0 Å². The number of nitrogens with one attached hydrogen (secondary N) is 2. The quantitative estimate of drug-likeness (QED) is 0.522. The Morgan fingerprint density at radius 2 is 2.38 bits per heavy atom. The van der Waals surface area contributed by atoms with Crippen molar-refractivity contribution in [2.45, 2.75) is 31.0 Å². The molecule has 2 fully saturated rings. The molecule has 2 aliphatic rings. The van der Waals surface area contributed by atoms with Gasteiger partial charge in [0.25, 0.3) is 0 Å². The minimum Gasteiger partial charge on any atom is -0.389 e. The first kappa shape index (κ1) is 9.40. The lowest BCUT2D eigenvalue weighted by Gasteiger charge is -2.29. The molecule has 0 aromatic carbocycles. The molecule has 76 valence electrons. The van der Waals surface area contributed by atoms with Crippen molar-refractivity contribution in [1.29, 1.82) is 0 Å². The lowest BCUT2D eigenvalue weighted by molar-refractivity contribution is 0.118. The van der Waals surface area contributed by atoms with Crippen molar-refractivity contribution in [2.75, 3.05) is 26.3 Å². The summed E-state index contributed by atoms with van der Waals surface area (Å²) < 4.78 is 5.19. The zero-order valence-corrected chi connectivity index (χ0v) is 8.05. The fourth-order valence-electron chi connectivity index (χ4n) is 2.07. The molecular weight excluding hydrogens is 168 g/mol. The van der Waals surface area contributed by atoms with E-state index >= 15 is 0 Å². The molecule has 0 radical (unpaired) electrons. The molecule has 0 amide bonds. The first-order valence-electron chi connectivity index (χ1n) is 4.94. The lowest BCUT2D eigenvalue weighted by atomic mass is 9.99. The maximum atomic E-state index is 9.56. The van der Waals surface area contributed by atoms with Crippen molar-refractivity contribution in [2.24, 2.45) is 0 Å². The van der Waals surface area contributed by atoms with E-state index in [0.717, 1.165) is 19.5 Å². The highest BCUT2D eigenvalue weighted by molar-refractivity contribution is 4.96. The molecule has 0 bridgehead atoms. The smallest absolute Gasteiger partial charge is 0.0948 e. The number of hydrogen-bond donors (Lipinski definition) is 3. The van der Waals surface area contributed by atoms with Crippen LogP contribution < -0.4 is 10.6 Å². The number of ether oxygens (including phenoxy) is 1. The second kappa shape index (κ2) is 3.53. The molecule has 2 heterocycles. The van der Waals surface area contributed by atoms with Gasteiger partial charge in [-0.1, -0.05) is 0 Å². The van der Waals surface area contributed by atoms with Gasteiger partial charge >= 0.3 is 0 Å². The molecule has 2 saturated heterocycles. The topological polar surface area (TPSA) is 53.5 Å². The molecule has 13 heavy (non-hydrogen) atoms. The maximum absolute atomic E-state index is 9.56. The highest BCUT2D eigenvalue weighted by Crippen LogP contribution is 2.17. The second-order valence-corrected chi connectivity index (χ2v) is 4.34. The van der Waals surface area contributed by atoms with E-state index in [1.54, 1.807) is 0 Å². The maximum Gasteiger partial charge on any atom is 0.0948 e. The van der Waals surface area contributed by atoms with Crippen LogP contribution in [-0.2, 0) is 4.74 Å². The van der Waals surface area contributed by atoms with E-state index < -0.39 is 0 Å². The summed E-state index contributed by atoms with van der Waals surface area (Å²) in [4.78, 5) is 0. The predicted octanol–water partition coefficient (Wildman–Crippen LogP) is -0.912. The van der Waals surface area contributed by atoms with Gasteiger partial charge in [-0.25, -0.2) is 0 Å². The third-order valence-electron chi connectivity index (χ3n) is 2.95. The summed E-state index contributed by atoms with van der Waals surface area (Å²) in [6, 6.07) is 0.116. The summed E-state index contributed by atoms with van der Waals surface area (Å²) in [7, 11) is 0. The van der Waals surface area contributed by atoms with Crippen LogP contribution in [0.4, 0.5) is 0 Å². The Kier molecular flexibility index (Phi) is 2.55. The largest absolute Gasteiger partial charge is 0.389 e. The van der Waals surface area contributed by atoms with Gasteiger partial charge in [-0.2, -0.15) is 0 Å². The van der Waals surface area contributed by atoms with Gasteiger partial charge in [0.05, 0.1) is 25.4 Å². The van der Waals surface area contributed by atoms with Crippen LogP contribution in [-0.4, -0.2) is 49.1 Å². The third-order valence-corrected chi connectivity index (χ3v) is 2.95. The average Bonchev–Trinajstić information content (AvgIpc) is 2.64. The summed E-state index contributed by atoms with van der Waals surface area (Å²) >= 11 is 0. The van der Waals surface area contributed by atoms with Crippen LogP contribution in [0.5, 0.6) is 0 Å². The van der Waals surface area contributed by atoms with Crippen LogP contribution in [0.1, 0.15) is 13.3 Å². The summed E-state index contributed by atoms with van der Waals surface area (Å²) in [5.41, 5.74) is 0.138. The molecule has 4 nitrogen and oxygen atoms in total. The fourth-order valence-corrected chi connectivity index (χ4v) is 2.07. The molecule has 3 unspecified atom stereocenters. The van der Waals surface area contributed by atoms with Gasteiger partial charge in [-0.15, -0.1) is 0 Å². The minimum atomic E-state index is -0.336. The monoisotopic (exact) mass is 186 g/mol. The molecule has 2 rings (SSSR count). The van der Waals surface area contributed by atoms with E-state index in [1.807, 2.05) is 0 Å². The zero-order chi connectivity index (χ0) is 9.31. The van der Waals surface area contributed by atoms with Crippen molar-refractivity contribution in [3.63, 3.8) is 0 Å². The first-order valence-corrected chi connectivity index (χ1v) is 4.94. The molecule has 3 atom stereocenters. The highest BCUT2D eigenvalue weighted by atomic mass is 16.5.